The number of halogens is 1. The Kier molecular flexibility index (Phi) is 7.19. The molecule has 1 aromatic heterocycles. The lowest BCUT2D eigenvalue weighted by molar-refractivity contribution is -0.121. The van der Waals surface area contributed by atoms with E-state index in [2.05, 4.69) is 22.4 Å². The Bertz CT molecular complexity index is 771. The van der Waals surface area contributed by atoms with Gasteiger partial charge in [0.1, 0.15) is 0 Å². The first-order chi connectivity index (χ1) is 13.1. The quantitative estimate of drug-likeness (QED) is 0.545. The molecule has 0 saturated heterocycles. The number of benzene rings is 1. The highest BCUT2D eigenvalue weighted by Gasteiger charge is 2.23. The number of aromatic nitrogens is 3. The Morgan fingerprint density at radius 3 is 2.70 bits per heavy atom. The second-order valence-electron chi connectivity index (χ2n) is 7.02. The predicted octanol–water partition coefficient (Wildman–Crippen LogP) is 4.94. The zero-order chi connectivity index (χ0) is 19.2. The maximum atomic E-state index is 12.6. The van der Waals surface area contributed by atoms with Gasteiger partial charge in [0.15, 0.2) is 11.0 Å². The number of nitrogens with one attached hydrogen (secondary N) is 1. The van der Waals surface area contributed by atoms with Gasteiger partial charge in [-0.1, -0.05) is 61.2 Å². The van der Waals surface area contributed by atoms with Crippen LogP contribution in [-0.4, -0.2) is 32.0 Å². The van der Waals surface area contributed by atoms with E-state index in [1.807, 2.05) is 35.8 Å². The molecule has 2 aromatic rings. The van der Waals surface area contributed by atoms with Gasteiger partial charge in [-0.2, -0.15) is 0 Å². The molecule has 1 aromatic carbocycles. The summed E-state index contributed by atoms with van der Waals surface area (Å²) in [5, 5.41) is 13.1. The molecule has 0 radical (unpaired) electrons. The fourth-order valence-corrected chi connectivity index (χ4v) is 4.57. The van der Waals surface area contributed by atoms with Crippen molar-refractivity contribution in [2.24, 2.45) is 0 Å². The van der Waals surface area contributed by atoms with E-state index in [1.165, 1.54) is 37.4 Å². The predicted molar refractivity (Wildman–Crippen MR) is 111 cm³/mol. The molecular formula is C20H27ClN4OS. The second kappa shape index (κ2) is 9.60. The third-order valence-corrected chi connectivity index (χ3v) is 6.28. The van der Waals surface area contributed by atoms with Crippen LogP contribution >= 0.6 is 23.4 Å². The van der Waals surface area contributed by atoms with Crippen molar-refractivity contribution in [1.82, 2.24) is 20.1 Å². The Hall–Kier alpha value is -1.53. The van der Waals surface area contributed by atoms with Gasteiger partial charge in [0.25, 0.3) is 0 Å². The van der Waals surface area contributed by atoms with Crippen molar-refractivity contribution in [3.63, 3.8) is 0 Å². The van der Waals surface area contributed by atoms with Gasteiger partial charge in [-0.05, 0) is 38.8 Å². The Balaban J connectivity index is 1.68. The largest absolute Gasteiger partial charge is 0.352 e. The summed E-state index contributed by atoms with van der Waals surface area (Å²) in [7, 11) is 0. The van der Waals surface area contributed by atoms with Crippen molar-refractivity contribution in [1.29, 1.82) is 0 Å². The van der Waals surface area contributed by atoms with E-state index in [-0.39, 0.29) is 11.2 Å². The average molecular weight is 407 g/mol. The molecule has 0 bridgehead atoms. The molecule has 1 aliphatic rings. The van der Waals surface area contributed by atoms with Gasteiger partial charge in [0, 0.05) is 23.2 Å². The van der Waals surface area contributed by atoms with Crippen LogP contribution in [0.1, 0.15) is 52.4 Å². The number of thioether (sulfide) groups is 1. The standard InChI is InChI=1S/C20H27ClN4OS/c1-3-25-18(15-9-8-10-16(21)13-15)23-24-20(25)27-14(2)19(26)22-17-11-6-4-5-7-12-17/h8-10,13-14,17H,3-7,11-12H2,1-2H3,(H,22,26)/t14-/m0/s1. The molecular weight excluding hydrogens is 380 g/mol. The third kappa shape index (κ3) is 5.26. The van der Waals surface area contributed by atoms with Crippen molar-refractivity contribution in [3.05, 3.63) is 29.3 Å². The molecule has 5 nitrogen and oxygen atoms in total. The molecule has 1 amide bonds. The minimum Gasteiger partial charge on any atom is -0.352 e. The molecule has 27 heavy (non-hydrogen) atoms. The van der Waals surface area contributed by atoms with E-state index >= 15 is 0 Å². The molecule has 1 fully saturated rings. The van der Waals surface area contributed by atoms with Crippen molar-refractivity contribution >= 4 is 29.3 Å². The summed E-state index contributed by atoms with van der Waals surface area (Å²) in [6.07, 6.45) is 7.16. The van der Waals surface area contributed by atoms with Crippen LogP contribution in [0.4, 0.5) is 0 Å². The lowest BCUT2D eigenvalue weighted by Gasteiger charge is -2.19. The second-order valence-corrected chi connectivity index (χ2v) is 8.76. The fraction of sp³-hybridized carbons (Fsp3) is 0.550. The van der Waals surface area contributed by atoms with Crippen LogP contribution in [0.5, 0.6) is 0 Å². The molecule has 1 atom stereocenters. The minimum atomic E-state index is -0.213. The summed E-state index contributed by atoms with van der Waals surface area (Å²) in [6, 6.07) is 7.91. The van der Waals surface area contributed by atoms with Crippen LogP contribution in [0.3, 0.4) is 0 Å². The zero-order valence-electron chi connectivity index (χ0n) is 15.9. The number of hydrogen-bond donors (Lipinski definition) is 1. The summed E-state index contributed by atoms with van der Waals surface area (Å²) in [4.78, 5) is 12.6. The normalized spacial score (nSPS) is 16.7. The average Bonchev–Trinajstić information content (AvgIpc) is 2.88. The minimum absolute atomic E-state index is 0.0851. The first-order valence-corrected chi connectivity index (χ1v) is 11.0. The van der Waals surface area contributed by atoms with Crippen molar-refractivity contribution in [3.8, 4) is 11.4 Å². The highest BCUT2D eigenvalue weighted by molar-refractivity contribution is 8.00. The van der Waals surface area contributed by atoms with Gasteiger partial charge in [-0.15, -0.1) is 10.2 Å². The van der Waals surface area contributed by atoms with E-state index in [4.69, 9.17) is 11.6 Å². The first-order valence-electron chi connectivity index (χ1n) is 9.74. The number of carbonyl (C=O) groups excluding carboxylic acids is 1. The smallest absolute Gasteiger partial charge is 0.233 e. The van der Waals surface area contributed by atoms with Crippen LogP contribution < -0.4 is 5.32 Å². The number of amides is 1. The highest BCUT2D eigenvalue weighted by atomic mass is 35.5. The zero-order valence-corrected chi connectivity index (χ0v) is 17.5. The van der Waals surface area contributed by atoms with Crippen LogP contribution in [0, 0.1) is 0 Å². The molecule has 1 N–H and O–H groups in total. The Labute approximate surface area is 170 Å². The molecule has 1 heterocycles. The first kappa shape index (κ1) is 20.2. The maximum Gasteiger partial charge on any atom is 0.233 e. The number of rotatable bonds is 6. The molecule has 3 rings (SSSR count). The van der Waals surface area contributed by atoms with Gasteiger partial charge in [0.2, 0.25) is 5.91 Å². The van der Waals surface area contributed by atoms with Gasteiger partial charge in [-0.3, -0.25) is 4.79 Å². The van der Waals surface area contributed by atoms with E-state index in [0.29, 0.717) is 11.1 Å². The van der Waals surface area contributed by atoms with Crippen LogP contribution in [0.25, 0.3) is 11.4 Å². The van der Waals surface area contributed by atoms with Crippen LogP contribution in [-0.2, 0) is 11.3 Å². The molecule has 0 spiro atoms. The van der Waals surface area contributed by atoms with E-state index in [9.17, 15) is 4.79 Å². The van der Waals surface area contributed by atoms with Gasteiger partial charge in [0.05, 0.1) is 5.25 Å². The molecule has 1 aliphatic carbocycles. The van der Waals surface area contributed by atoms with Gasteiger partial charge < -0.3 is 9.88 Å². The topological polar surface area (TPSA) is 59.8 Å². The van der Waals surface area contributed by atoms with Crippen molar-refractivity contribution < 1.29 is 4.79 Å². The number of hydrogen-bond acceptors (Lipinski definition) is 4. The number of nitrogens with zero attached hydrogens (tertiary/aromatic N) is 3. The maximum absolute atomic E-state index is 12.6. The fourth-order valence-electron chi connectivity index (χ4n) is 3.46. The third-order valence-electron chi connectivity index (χ3n) is 4.97. The summed E-state index contributed by atoms with van der Waals surface area (Å²) in [5.41, 5.74) is 0.930. The lowest BCUT2D eigenvalue weighted by Crippen LogP contribution is -2.39. The van der Waals surface area contributed by atoms with Crippen LogP contribution in [0.15, 0.2) is 29.4 Å². The number of carbonyl (C=O) groups is 1. The van der Waals surface area contributed by atoms with E-state index in [0.717, 1.165) is 35.9 Å². The molecule has 0 unspecified atom stereocenters. The van der Waals surface area contributed by atoms with Crippen LogP contribution in [0.2, 0.25) is 5.02 Å². The lowest BCUT2D eigenvalue weighted by atomic mass is 10.1. The summed E-state index contributed by atoms with van der Waals surface area (Å²) in [5.74, 6) is 0.862. The summed E-state index contributed by atoms with van der Waals surface area (Å²) in [6.45, 7) is 4.72. The van der Waals surface area contributed by atoms with E-state index < -0.39 is 0 Å². The van der Waals surface area contributed by atoms with Gasteiger partial charge in [-0.25, -0.2) is 0 Å². The summed E-state index contributed by atoms with van der Waals surface area (Å²) >= 11 is 7.57. The molecule has 7 heteroatoms. The molecule has 0 aliphatic heterocycles. The molecule has 1 saturated carbocycles. The Morgan fingerprint density at radius 2 is 2.04 bits per heavy atom. The molecule has 146 valence electrons. The van der Waals surface area contributed by atoms with E-state index in [1.54, 1.807) is 0 Å². The SMILES string of the molecule is CCn1c(S[C@@H](C)C(=O)NC2CCCCCC2)nnc1-c1cccc(Cl)c1. The van der Waals surface area contributed by atoms with Crippen molar-refractivity contribution in [2.75, 3.05) is 0 Å². The monoisotopic (exact) mass is 406 g/mol. The highest BCUT2D eigenvalue weighted by Crippen LogP contribution is 2.28. The van der Waals surface area contributed by atoms with Gasteiger partial charge >= 0.3 is 0 Å². The Morgan fingerprint density at radius 1 is 1.30 bits per heavy atom. The van der Waals surface area contributed by atoms with Crippen molar-refractivity contribution in [2.45, 2.75) is 75.4 Å². The summed E-state index contributed by atoms with van der Waals surface area (Å²) < 4.78 is 2.03.